The van der Waals surface area contributed by atoms with E-state index in [1.54, 1.807) is 30.1 Å². The number of esters is 1. The molecule has 0 bridgehead atoms. The summed E-state index contributed by atoms with van der Waals surface area (Å²) in [7, 11) is 0. The van der Waals surface area contributed by atoms with E-state index >= 15 is 0 Å². The highest BCUT2D eigenvalue weighted by Gasteiger charge is 2.14. The molecule has 3 heterocycles. The zero-order valence-electron chi connectivity index (χ0n) is 13.0. The Morgan fingerprint density at radius 2 is 2.17 bits per heavy atom. The second-order valence-corrected chi connectivity index (χ2v) is 5.33. The van der Waals surface area contributed by atoms with Gasteiger partial charge in [0.25, 0.3) is 0 Å². The molecule has 0 radical (unpaired) electrons. The molecule has 0 aliphatic rings. The predicted molar refractivity (Wildman–Crippen MR) is 90.2 cm³/mol. The van der Waals surface area contributed by atoms with Crippen molar-refractivity contribution >= 4 is 28.3 Å². The summed E-state index contributed by atoms with van der Waals surface area (Å²) in [4.78, 5) is 16.4. The second kappa shape index (κ2) is 5.38. The lowest BCUT2D eigenvalue weighted by Crippen LogP contribution is -2.02. The Kier molecular flexibility index (Phi) is 3.19. The van der Waals surface area contributed by atoms with Gasteiger partial charge in [0.2, 0.25) is 0 Å². The Labute approximate surface area is 137 Å². The molecule has 2 N–H and O–H groups in total. The van der Waals surface area contributed by atoms with Crippen molar-refractivity contribution in [2.24, 2.45) is 0 Å². The summed E-state index contributed by atoms with van der Waals surface area (Å²) in [5, 5.41) is 4.22. The van der Waals surface area contributed by atoms with E-state index in [0.29, 0.717) is 23.5 Å². The van der Waals surface area contributed by atoms with Crippen molar-refractivity contribution in [2.75, 3.05) is 12.3 Å². The molecule has 4 rings (SSSR count). The summed E-state index contributed by atoms with van der Waals surface area (Å²) >= 11 is 0. The SMILES string of the molecule is CCOC(=O)c1cc2c(N)nc3cc(-n4cccn4)ccc3n2c1. The number of benzene rings is 1. The number of hydrogen-bond donors (Lipinski definition) is 1. The average Bonchev–Trinajstić information content (AvgIpc) is 3.25. The molecule has 0 aliphatic heterocycles. The number of anilines is 1. The summed E-state index contributed by atoms with van der Waals surface area (Å²) in [6, 6.07) is 9.33. The van der Waals surface area contributed by atoms with Crippen LogP contribution in [0.1, 0.15) is 17.3 Å². The molecular formula is C17H15N5O2. The zero-order chi connectivity index (χ0) is 16.7. The molecule has 0 unspecified atom stereocenters. The van der Waals surface area contributed by atoms with Gasteiger partial charge in [-0.15, -0.1) is 0 Å². The van der Waals surface area contributed by atoms with Gasteiger partial charge in [-0.3, -0.25) is 0 Å². The molecule has 120 valence electrons. The number of nitrogen functional groups attached to an aromatic ring is 1. The molecule has 0 saturated carbocycles. The predicted octanol–water partition coefficient (Wildman–Crippen LogP) is 2.43. The van der Waals surface area contributed by atoms with Gasteiger partial charge in [0.1, 0.15) is 5.82 Å². The van der Waals surface area contributed by atoms with Crippen LogP contribution in [0.4, 0.5) is 5.82 Å². The second-order valence-electron chi connectivity index (χ2n) is 5.33. The summed E-state index contributed by atoms with van der Waals surface area (Å²) in [5.74, 6) is -0.0161. The maximum absolute atomic E-state index is 12.0. The van der Waals surface area contributed by atoms with Crippen LogP contribution in [0.2, 0.25) is 0 Å². The van der Waals surface area contributed by atoms with E-state index in [-0.39, 0.29) is 5.97 Å². The zero-order valence-corrected chi connectivity index (χ0v) is 13.0. The van der Waals surface area contributed by atoms with E-state index in [2.05, 4.69) is 10.1 Å². The quantitative estimate of drug-likeness (QED) is 0.586. The first-order valence-electron chi connectivity index (χ1n) is 7.56. The third-order valence-corrected chi connectivity index (χ3v) is 3.82. The number of fused-ring (bicyclic) bond motifs is 3. The van der Waals surface area contributed by atoms with Crippen molar-refractivity contribution < 1.29 is 9.53 Å². The Balaban J connectivity index is 1.92. The van der Waals surface area contributed by atoms with Gasteiger partial charge < -0.3 is 14.9 Å². The Hall–Kier alpha value is -3.35. The third kappa shape index (κ3) is 2.18. The highest BCUT2D eigenvalue weighted by atomic mass is 16.5. The van der Waals surface area contributed by atoms with Crippen molar-refractivity contribution in [1.82, 2.24) is 19.2 Å². The molecular weight excluding hydrogens is 306 g/mol. The van der Waals surface area contributed by atoms with Crippen LogP contribution in [0.25, 0.3) is 22.2 Å². The van der Waals surface area contributed by atoms with Crippen LogP contribution < -0.4 is 5.73 Å². The van der Waals surface area contributed by atoms with Gasteiger partial charge in [0.15, 0.2) is 0 Å². The van der Waals surface area contributed by atoms with Crippen molar-refractivity contribution in [1.29, 1.82) is 0 Å². The summed E-state index contributed by atoms with van der Waals surface area (Å²) in [6.07, 6.45) is 5.30. The van der Waals surface area contributed by atoms with Crippen molar-refractivity contribution in [3.05, 3.63) is 54.5 Å². The highest BCUT2D eigenvalue weighted by Crippen LogP contribution is 2.24. The van der Waals surface area contributed by atoms with Gasteiger partial charge in [0, 0.05) is 18.6 Å². The molecule has 3 aromatic heterocycles. The van der Waals surface area contributed by atoms with Gasteiger partial charge in [-0.05, 0) is 37.3 Å². The molecule has 0 spiro atoms. The van der Waals surface area contributed by atoms with Crippen LogP contribution in [0, 0.1) is 0 Å². The van der Waals surface area contributed by atoms with Crippen molar-refractivity contribution in [2.45, 2.75) is 6.92 Å². The summed E-state index contributed by atoms with van der Waals surface area (Å²) in [5.41, 5.74) is 9.66. The van der Waals surface area contributed by atoms with Crippen LogP contribution in [-0.4, -0.2) is 31.7 Å². The fraction of sp³-hybridized carbons (Fsp3) is 0.118. The monoisotopic (exact) mass is 321 g/mol. The molecule has 24 heavy (non-hydrogen) atoms. The number of nitrogens with zero attached hydrogens (tertiary/aromatic N) is 4. The third-order valence-electron chi connectivity index (χ3n) is 3.82. The fourth-order valence-electron chi connectivity index (χ4n) is 2.74. The van der Waals surface area contributed by atoms with Gasteiger partial charge in [-0.25, -0.2) is 14.5 Å². The minimum Gasteiger partial charge on any atom is -0.462 e. The molecule has 7 heteroatoms. The van der Waals surface area contributed by atoms with E-state index in [0.717, 1.165) is 16.7 Å². The number of hydrogen-bond acceptors (Lipinski definition) is 5. The Morgan fingerprint density at radius 3 is 2.92 bits per heavy atom. The number of carbonyl (C=O) groups is 1. The van der Waals surface area contributed by atoms with Gasteiger partial charge in [-0.1, -0.05) is 0 Å². The maximum atomic E-state index is 12.0. The lowest BCUT2D eigenvalue weighted by atomic mass is 10.2. The molecule has 4 aromatic rings. The average molecular weight is 321 g/mol. The minimum atomic E-state index is -0.373. The highest BCUT2D eigenvalue weighted by molar-refractivity contribution is 5.94. The molecule has 0 amide bonds. The largest absolute Gasteiger partial charge is 0.462 e. The topological polar surface area (TPSA) is 87.4 Å². The molecule has 7 nitrogen and oxygen atoms in total. The van der Waals surface area contributed by atoms with Crippen molar-refractivity contribution in [3.8, 4) is 5.69 Å². The Morgan fingerprint density at radius 1 is 1.29 bits per heavy atom. The summed E-state index contributed by atoms with van der Waals surface area (Å²) in [6.45, 7) is 2.10. The van der Waals surface area contributed by atoms with Crippen LogP contribution >= 0.6 is 0 Å². The van der Waals surface area contributed by atoms with E-state index in [9.17, 15) is 4.79 Å². The lowest BCUT2D eigenvalue weighted by molar-refractivity contribution is 0.0526. The first kappa shape index (κ1) is 14.3. The number of aromatic nitrogens is 4. The molecule has 1 aromatic carbocycles. The van der Waals surface area contributed by atoms with E-state index < -0.39 is 0 Å². The fourth-order valence-corrected chi connectivity index (χ4v) is 2.74. The minimum absolute atomic E-state index is 0.326. The lowest BCUT2D eigenvalue weighted by Gasteiger charge is -2.07. The number of nitrogens with two attached hydrogens (primary N) is 1. The number of carbonyl (C=O) groups excluding carboxylic acids is 1. The number of ether oxygens (including phenoxy) is 1. The normalized spacial score (nSPS) is 11.2. The van der Waals surface area contributed by atoms with Gasteiger partial charge in [0.05, 0.1) is 34.4 Å². The Bertz CT molecular complexity index is 1050. The van der Waals surface area contributed by atoms with E-state index in [4.69, 9.17) is 10.5 Å². The molecule has 0 atom stereocenters. The van der Waals surface area contributed by atoms with Gasteiger partial charge >= 0.3 is 5.97 Å². The molecule has 0 saturated heterocycles. The maximum Gasteiger partial charge on any atom is 0.339 e. The first-order chi connectivity index (χ1) is 11.7. The van der Waals surface area contributed by atoms with Crippen molar-refractivity contribution in [3.63, 3.8) is 0 Å². The smallest absolute Gasteiger partial charge is 0.339 e. The van der Waals surface area contributed by atoms with Crippen LogP contribution in [0.5, 0.6) is 0 Å². The van der Waals surface area contributed by atoms with Gasteiger partial charge in [-0.2, -0.15) is 5.10 Å². The van der Waals surface area contributed by atoms with E-state index in [1.165, 1.54) is 0 Å². The van der Waals surface area contributed by atoms with Crippen LogP contribution in [0.3, 0.4) is 0 Å². The first-order valence-corrected chi connectivity index (χ1v) is 7.56. The van der Waals surface area contributed by atoms with Crippen LogP contribution in [-0.2, 0) is 4.74 Å². The molecule has 0 aliphatic carbocycles. The molecule has 0 fully saturated rings. The van der Waals surface area contributed by atoms with E-state index in [1.807, 2.05) is 34.9 Å². The van der Waals surface area contributed by atoms with Crippen LogP contribution in [0.15, 0.2) is 48.9 Å². The standard InChI is InChI=1S/C17H15N5O2/c1-2-24-17(23)11-8-15-16(18)20-13-9-12(22-7-3-6-19-22)4-5-14(13)21(15)10-11/h3-10H,2H2,1H3,(H2,18,20). The summed E-state index contributed by atoms with van der Waals surface area (Å²) < 4.78 is 8.66. The number of rotatable bonds is 3.